The van der Waals surface area contributed by atoms with Crippen molar-refractivity contribution in [2.45, 2.75) is 33.2 Å². The SMILES string of the molecule is Cc1ccc2oc(CCNC(C)C)nc2c1. The highest BCUT2D eigenvalue weighted by Crippen LogP contribution is 2.16. The molecule has 1 N–H and O–H groups in total. The van der Waals surface area contributed by atoms with Gasteiger partial charge in [0.1, 0.15) is 5.52 Å². The van der Waals surface area contributed by atoms with Crippen LogP contribution in [-0.4, -0.2) is 17.6 Å². The van der Waals surface area contributed by atoms with Crippen molar-refractivity contribution >= 4 is 11.1 Å². The molecule has 3 nitrogen and oxygen atoms in total. The topological polar surface area (TPSA) is 38.1 Å². The summed E-state index contributed by atoms with van der Waals surface area (Å²) in [7, 11) is 0. The van der Waals surface area contributed by atoms with Crippen LogP contribution in [-0.2, 0) is 6.42 Å². The van der Waals surface area contributed by atoms with E-state index in [1.165, 1.54) is 5.56 Å². The van der Waals surface area contributed by atoms with E-state index in [1.54, 1.807) is 0 Å². The number of fused-ring (bicyclic) bond motifs is 1. The largest absolute Gasteiger partial charge is 0.441 e. The summed E-state index contributed by atoms with van der Waals surface area (Å²) in [5, 5.41) is 3.35. The molecule has 0 unspecified atom stereocenters. The van der Waals surface area contributed by atoms with E-state index in [1.807, 2.05) is 12.1 Å². The van der Waals surface area contributed by atoms with Crippen LogP contribution in [0.5, 0.6) is 0 Å². The molecule has 86 valence electrons. The molecule has 0 saturated carbocycles. The van der Waals surface area contributed by atoms with Crippen LogP contribution in [0.2, 0.25) is 0 Å². The predicted octanol–water partition coefficient (Wildman–Crippen LogP) is 2.68. The minimum atomic E-state index is 0.506. The second-order valence-corrected chi connectivity index (χ2v) is 4.44. The van der Waals surface area contributed by atoms with Gasteiger partial charge in [0, 0.05) is 19.0 Å². The molecule has 0 bridgehead atoms. The number of hydrogen-bond acceptors (Lipinski definition) is 3. The Balaban J connectivity index is 2.08. The summed E-state index contributed by atoms with van der Waals surface area (Å²) in [4.78, 5) is 4.46. The molecule has 0 spiro atoms. The molecular formula is C13H18N2O. The van der Waals surface area contributed by atoms with Gasteiger partial charge in [0.2, 0.25) is 0 Å². The average Bonchev–Trinajstić information content (AvgIpc) is 2.58. The lowest BCUT2D eigenvalue weighted by Crippen LogP contribution is -2.24. The van der Waals surface area contributed by atoms with Crippen molar-refractivity contribution in [2.75, 3.05) is 6.54 Å². The zero-order valence-corrected chi connectivity index (χ0v) is 10.1. The van der Waals surface area contributed by atoms with Gasteiger partial charge in [0.05, 0.1) is 0 Å². The Labute approximate surface area is 95.9 Å². The maximum atomic E-state index is 5.65. The number of nitrogens with zero attached hydrogens (tertiary/aromatic N) is 1. The van der Waals surface area contributed by atoms with E-state index >= 15 is 0 Å². The van der Waals surface area contributed by atoms with Gasteiger partial charge in [-0.15, -0.1) is 0 Å². The Bertz CT molecular complexity index is 474. The first-order valence-electron chi connectivity index (χ1n) is 5.74. The molecule has 0 aliphatic heterocycles. The molecule has 2 aromatic rings. The van der Waals surface area contributed by atoms with Crippen LogP contribution in [0.25, 0.3) is 11.1 Å². The molecule has 2 rings (SSSR count). The quantitative estimate of drug-likeness (QED) is 0.857. The van der Waals surface area contributed by atoms with Crippen LogP contribution in [0, 0.1) is 6.92 Å². The molecule has 1 aromatic heterocycles. The third-order valence-corrected chi connectivity index (χ3v) is 2.48. The third kappa shape index (κ3) is 2.61. The van der Waals surface area contributed by atoms with E-state index in [9.17, 15) is 0 Å². The van der Waals surface area contributed by atoms with Gasteiger partial charge >= 0.3 is 0 Å². The minimum Gasteiger partial charge on any atom is -0.441 e. The Morgan fingerprint density at radius 3 is 2.94 bits per heavy atom. The molecule has 0 aliphatic carbocycles. The van der Waals surface area contributed by atoms with Crippen LogP contribution in [0.4, 0.5) is 0 Å². The van der Waals surface area contributed by atoms with Crippen molar-refractivity contribution in [1.29, 1.82) is 0 Å². The van der Waals surface area contributed by atoms with Crippen LogP contribution in [0.15, 0.2) is 22.6 Å². The standard InChI is InChI=1S/C13H18N2O/c1-9(2)14-7-6-13-15-11-8-10(3)4-5-12(11)16-13/h4-5,8-9,14H,6-7H2,1-3H3. The summed E-state index contributed by atoms with van der Waals surface area (Å²) in [5.74, 6) is 0.814. The minimum absolute atomic E-state index is 0.506. The van der Waals surface area contributed by atoms with Crippen LogP contribution in [0.3, 0.4) is 0 Å². The second-order valence-electron chi connectivity index (χ2n) is 4.44. The number of benzene rings is 1. The fourth-order valence-electron chi connectivity index (χ4n) is 1.66. The monoisotopic (exact) mass is 218 g/mol. The fraction of sp³-hybridized carbons (Fsp3) is 0.462. The lowest BCUT2D eigenvalue weighted by molar-refractivity contribution is 0.501. The predicted molar refractivity (Wildman–Crippen MR) is 65.6 cm³/mol. The normalized spacial score (nSPS) is 11.5. The molecule has 16 heavy (non-hydrogen) atoms. The number of hydrogen-bond donors (Lipinski definition) is 1. The Morgan fingerprint density at radius 1 is 1.38 bits per heavy atom. The van der Waals surface area contributed by atoms with Crippen molar-refractivity contribution in [3.8, 4) is 0 Å². The average molecular weight is 218 g/mol. The maximum absolute atomic E-state index is 5.65. The third-order valence-electron chi connectivity index (χ3n) is 2.48. The lowest BCUT2D eigenvalue weighted by atomic mass is 10.2. The summed E-state index contributed by atoms with van der Waals surface area (Å²) < 4.78 is 5.65. The van der Waals surface area contributed by atoms with Crippen LogP contribution >= 0.6 is 0 Å². The van der Waals surface area contributed by atoms with E-state index in [0.29, 0.717) is 6.04 Å². The van der Waals surface area contributed by atoms with E-state index in [4.69, 9.17) is 4.42 Å². The molecule has 1 heterocycles. The first kappa shape index (κ1) is 11.1. The lowest BCUT2D eigenvalue weighted by Gasteiger charge is -2.04. The van der Waals surface area contributed by atoms with E-state index in [2.05, 4.69) is 37.1 Å². The highest BCUT2D eigenvalue weighted by Gasteiger charge is 2.05. The van der Waals surface area contributed by atoms with Crippen molar-refractivity contribution in [2.24, 2.45) is 0 Å². The van der Waals surface area contributed by atoms with E-state index in [0.717, 1.165) is 30.0 Å². The number of oxazole rings is 1. The molecule has 0 saturated heterocycles. The zero-order chi connectivity index (χ0) is 11.5. The van der Waals surface area contributed by atoms with Crippen molar-refractivity contribution in [3.05, 3.63) is 29.7 Å². The number of nitrogens with one attached hydrogen (secondary N) is 1. The van der Waals surface area contributed by atoms with Crippen molar-refractivity contribution < 1.29 is 4.42 Å². The van der Waals surface area contributed by atoms with Crippen LogP contribution < -0.4 is 5.32 Å². The molecular weight excluding hydrogens is 200 g/mol. The van der Waals surface area contributed by atoms with E-state index < -0.39 is 0 Å². The highest BCUT2D eigenvalue weighted by molar-refractivity contribution is 5.73. The Morgan fingerprint density at radius 2 is 2.19 bits per heavy atom. The number of aromatic nitrogens is 1. The summed E-state index contributed by atoms with van der Waals surface area (Å²) in [6.45, 7) is 7.24. The summed E-state index contributed by atoms with van der Waals surface area (Å²) >= 11 is 0. The van der Waals surface area contributed by atoms with Gasteiger partial charge in [-0.3, -0.25) is 0 Å². The molecule has 0 atom stereocenters. The summed E-state index contributed by atoms with van der Waals surface area (Å²) in [6.07, 6.45) is 0.839. The van der Waals surface area contributed by atoms with Gasteiger partial charge in [-0.1, -0.05) is 19.9 Å². The number of aryl methyl sites for hydroxylation is 1. The first-order valence-corrected chi connectivity index (χ1v) is 5.74. The van der Waals surface area contributed by atoms with Gasteiger partial charge < -0.3 is 9.73 Å². The molecule has 0 radical (unpaired) electrons. The van der Waals surface area contributed by atoms with E-state index in [-0.39, 0.29) is 0 Å². The van der Waals surface area contributed by atoms with Crippen LogP contribution in [0.1, 0.15) is 25.3 Å². The number of rotatable bonds is 4. The molecule has 0 aliphatic rings. The summed E-state index contributed by atoms with van der Waals surface area (Å²) in [6, 6.07) is 6.59. The maximum Gasteiger partial charge on any atom is 0.196 e. The summed E-state index contributed by atoms with van der Waals surface area (Å²) in [5.41, 5.74) is 3.05. The van der Waals surface area contributed by atoms with Gasteiger partial charge in [0.15, 0.2) is 11.5 Å². The first-order chi connectivity index (χ1) is 7.65. The van der Waals surface area contributed by atoms with Gasteiger partial charge in [-0.2, -0.15) is 0 Å². The van der Waals surface area contributed by atoms with Crippen molar-refractivity contribution in [1.82, 2.24) is 10.3 Å². The zero-order valence-electron chi connectivity index (χ0n) is 10.1. The van der Waals surface area contributed by atoms with Gasteiger partial charge in [-0.05, 0) is 24.6 Å². The Kier molecular flexibility index (Phi) is 3.25. The van der Waals surface area contributed by atoms with Gasteiger partial charge in [-0.25, -0.2) is 4.98 Å². The molecule has 0 amide bonds. The van der Waals surface area contributed by atoms with Gasteiger partial charge in [0.25, 0.3) is 0 Å². The second kappa shape index (κ2) is 4.66. The molecule has 1 aromatic carbocycles. The molecule has 3 heteroatoms. The molecule has 0 fully saturated rings. The smallest absolute Gasteiger partial charge is 0.196 e. The highest BCUT2D eigenvalue weighted by atomic mass is 16.3. The fourth-order valence-corrected chi connectivity index (χ4v) is 1.66. The Hall–Kier alpha value is -1.35. The van der Waals surface area contributed by atoms with Crippen molar-refractivity contribution in [3.63, 3.8) is 0 Å².